The number of hydrogen-bond acceptors (Lipinski definition) is 4. The van der Waals surface area contributed by atoms with E-state index in [9.17, 15) is 0 Å². The maximum absolute atomic E-state index is 5.81. The van der Waals surface area contributed by atoms with Crippen LogP contribution in [-0.4, -0.2) is 16.5 Å². The van der Waals surface area contributed by atoms with Crippen molar-refractivity contribution in [3.63, 3.8) is 0 Å². The minimum Gasteiger partial charge on any atom is -0.439 e. The van der Waals surface area contributed by atoms with Crippen molar-refractivity contribution in [3.8, 4) is 11.6 Å². The van der Waals surface area contributed by atoms with Gasteiger partial charge in [0.15, 0.2) is 0 Å². The van der Waals surface area contributed by atoms with Gasteiger partial charge in [0.05, 0.1) is 0 Å². The summed E-state index contributed by atoms with van der Waals surface area (Å²) < 4.78 is 5.81. The van der Waals surface area contributed by atoms with Gasteiger partial charge < -0.3 is 10.1 Å². The number of ether oxygens (including phenoxy) is 1. The molecule has 20 heavy (non-hydrogen) atoms. The minimum atomic E-state index is -0.125. The van der Waals surface area contributed by atoms with E-state index in [0.717, 1.165) is 23.9 Å². The third-order valence-electron chi connectivity index (χ3n) is 2.70. The molecular weight excluding hydrogens is 250 g/mol. The maximum Gasteiger partial charge on any atom is 0.224 e. The van der Waals surface area contributed by atoms with Crippen molar-refractivity contribution >= 4 is 5.82 Å². The van der Waals surface area contributed by atoms with Crippen molar-refractivity contribution in [2.45, 2.75) is 33.1 Å². The molecule has 1 heterocycles. The molecule has 0 saturated heterocycles. The number of nitrogens with zero attached hydrogens (tertiary/aromatic N) is 2. The van der Waals surface area contributed by atoms with Crippen molar-refractivity contribution < 1.29 is 4.74 Å². The van der Waals surface area contributed by atoms with Crippen LogP contribution in [-0.2, 0) is 5.41 Å². The molecule has 1 aromatic carbocycles. The first-order valence-electron chi connectivity index (χ1n) is 6.85. The van der Waals surface area contributed by atoms with Crippen LogP contribution in [0.1, 0.15) is 33.5 Å². The van der Waals surface area contributed by atoms with E-state index in [-0.39, 0.29) is 5.41 Å². The lowest BCUT2D eigenvalue weighted by molar-refractivity contribution is 0.446. The highest BCUT2D eigenvalue weighted by atomic mass is 16.5. The number of nitrogens with one attached hydrogen (secondary N) is 1. The van der Waals surface area contributed by atoms with Crippen molar-refractivity contribution in [2.24, 2.45) is 0 Å². The summed E-state index contributed by atoms with van der Waals surface area (Å²) in [6.45, 7) is 9.11. The van der Waals surface area contributed by atoms with Gasteiger partial charge in [-0.3, -0.25) is 0 Å². The Labute approximate surface area is 120 Å². The summed E-state index contributed by atoms with van der Waals surface area (Å²) in [6, 6.07) is 11.5. The first-order chi connectivity index (χ1) is 9.49. The van der Waals surface area contributed by atoms with Gasteiger partial charge >= 0.3 is 0 Å². The van der Waals surface area contributed by atoms with Gasteiger partial charge in [-0.25, -0.2) is 4.98 Å². The number of hydrogen-bond donors (Lipinski definition) is 1. The van der Waals surface area contributed by atoms with E-state index in [0.29, 0.717) is 5.88 Å². The topological polar surface area (TPSA) is 47.0 Å². The molecule has 0 amide bonds. The molecule has 4 heteroatoms. The fraction of sp³-hybridized carbons (Fsp3) is 0.375. The Balaban J connectivity index is 2.34. The second-order valence-corrected chi connectivity index (χ2v) is 5.61. The van der Waals surface area contributed by atoms with Crippen LogP contribution in [0.15, 0.2) is 36.4 Å². The fourth-order valence-electron chi connectivity index (χ4n) is 1.69. The molecule has 4 nitrogen and oxygen atoms in total. The van der Waals surface area contributed by atoms with Gasteiger partial charge in [0.25, 0.3) is 0 Å². The van der Waals surface area contributed by atoms with Crippen LogP contribution in [0.3, 0.4) is 0 Å². The molecule has 0 spiro atoms. The summed E-state index contributed by atoms with van der Waals surface area (Å²) >= 11 is 0. The summed E-state index contributed by atoms with van der Waals surface area (Å²) in [5.41, 5.74) is -0.125. The van der Waals surface area contributed by atoms with Crippen molar-refractivity contribution in [3.05, 3.63) is 42.2 Å². The molecule has 1 aromatic heterocycles. The van der Waals surface area contributed by atoms with Crippen LogP contribution in [0.5, 0.6) is 11.6 Å². The molecule has 0 saturated carbocycles. The van der Waals surface area contributed by atoms with Crippen LogP contribution in [0.2, 0.25) is 0 Å². The minimum absolute atomic E-state index is 0.125. The number of anilines is 1. The Hall–Kier alpha value is -2.10. The highest BCUT2D eigenvalue weighted by Crippen LogP contribution is 2.26. The SMILES string of the molecule is CCNc1cc(Oc2ccccc2)nc(C(C)(C)C)n1. The van der Waals surface area contributed by atoms with Gasteiger partial charge in [0, 0.05) is 18.0 Å². The first kappa shape index (κ1) is 14.3. The average molecular weight is 271 g/mol. The lowest BCUT2D eigenvalue weighted by Crippen LogP contribution is -2.17. The molecule has 0 aliphatic rings. The van der Waals surface area contributed by atoms with Gasteiger partial charge in [0.2, 0.25) is 5.88 Å². The molecule has 0 bridgehead atoms. The van der Waals surface area contributed by atoms with Crippen LogP contribution in [0.25, 0.3) is 0 Å². The Morgan fingerprint density at radius 2 is 1.80 bits per heavy atom. The van der Waals surface area contributed by atoms with E-state index >= 15 is 0 Å². The fourth-order valence-corrected chi connectivity index (χ4v) is 1.69. The second kappa shape index (κ2) is 5.90. The average Bonchev–Trinajstić information content (AvgIpc) is 2.39. The maximum atomic E-state index is 5.81. The Morgan fingerprint density at radius 3 is 2.40 bits per heavy atom. The van der Waals surface area contributed by atoms with E-state index < -0.39 is 0 Å². The van der Waals surface area contributed by atoms with Gasteiger partial charge in [-0.05, 0) is 19.1 Å². The third kappa shape index (κ3) is 3.70. The summed E-state index contributed by atoms with van der Waals surface area (Å²) in [4.78, 5) is 9.04. The van der Waals surface area contributed by atoms with Gasteiger partial charge in [-0.15, -0.1) is 0 Å². The lowest BCUT2D eigenvalue weighted by Gasteiger charge is -2.18. The van der Waals surface area contributed by atoms with E-state index in [1.54, 1.807) is 0 Å². The number of aromatic nitrogens is 2. The molecule has 106 valence electrons. The van der Waals surface area contributed by atoms with Crippen LogP contribution >= 0.6 is 0 Å². The van der Waals surface area contributed by atoms with E-state index in [4.69, 9.17) is 4.74 Å². The standard InChI is InChI=1S/C16H21N3O/c1-5-17-13-11-14(19-15(18-13)16(2,3)4)20-12-9-7-6-8-10-12/h6-11H,5H2,1-4H3,(H,17,18,19). The zero-order valence-corrected chi connectivity index (χ0v) is 12.5. The molecule has 1 N–H and O–H groups in total. The molecule has 0 fully saturated rings. The molecule has 0 radical (unpaired) electrons. The normalized spacial score (nSPS) is 11.2. The summed E-state index contributed by atoms with van der Waals surface area (Å²) in [6.07, 6.45) is 0. The largest absolute Gasteiger partial charge is 0.439 e. The zero-order valence-electron chi connectivity index (χ0n) is 12.5. The van der Waals surface area contributed by atoms with E-state index in [1.807, 2.05) is 43.3 Å². The van der Waals surface area contributed by atoms with E-state index in [2.05, 4.69) is 36.1 Å². The third-order valence-corrected chi connectivity index (χ3v) is 2.70. The predicted molar refractivity (Wildman–Crippen MR) is 81.4 cm³/mol. The van der Waals surface area contributed by atoms with E-state index in [1.165, 1.54) is 0 Å². The van der Waals surface area contributed by atoms with Gasteiger partial charge in [-0.2, -0.15) is 4.98 Å². The Bertz CT molecular complexity index is 562. The zero-order chi connectivity index (χ0) is 14.6. The number of para-hydroxylation sites is 1. The molecule has 0 aliphatic carbocycles. The highest BCUT2D eigenvalue weighted by Gasteiger charge is 2.19. The van der Waals surface area contributed by atoms with Crippen LogP contribution < -0.4 is 10.1 Å². The molecule has 0 unspecified atom stereocenters. The van der Waals surface area contributed by atoms with Crippen molar-refractivity contribution in [1.29, 1.82) is 0 Å². The quantitative estimate of drug-likeness (QED) is 0.913. The highest BCUT2D eigenvalue weighted by molar-refractivity contribution is 5.40. The summed E-state index contributed by atoms with van der Waals surface area (Å²) in [5, 5.41) is 3.22. The first-order valence-corrected chi connectivity index (χ1v) is 6.85. The van der Waals surface area contributed by atoms with Crippen LogP contribution in [0.4, 0.5) is 5.82 Å². The van der Waals surface area contributed by atoms with Crippen molar-refractivity contribution in [1.82, 2.24) is 9.97 Å². The van der Waals surface area contributed by atoms with Gasteiger partial charge in [0.1, 0.15) is 17.4 Å². The smallest absolute Gasteiger partial charge is 0.224 e. The predicted octanol–water partition coefficient (Wildman–Crippen LogP) is 4.00. The second-order valence-electron chi connectivity index (χ2n) is 5.61. The molecule has 2 rings (SSSR count). The lowest BCUT2D eigenvalue weighted by atomic mass is 9.96. The molecule has 0 aliphatic heterocycles. The van der Waals surface area contributed by atoms with Gasteiger partial charge in [-0.1, -0.05) is 39.0 Å². The molecule has 2 aromatic rings. The monoisotopic (exact) mass is 271 g/mol. The Kier molecular flexibility index (Phi) is 4.23. The summed E-state index contributed by atoms with van der Waals surface area (Å²) in [7, 11) is 0. The number of rotatable bonds is 4. The molecular formula is C16H21N3O. The van der Waals surface area contributed by atoms with Crippen LogP contribution in [0, 0.1) is 0 Å². The summed E-state index contributed by atoms with van der Waals surface area (Å²) in [5.74, 6) is 2.89. The number of benzene rings is 1. The molecule has 0 atom stereocenters. The van der Waals surface area contributed by atoms with Crippen molar-refractivity contribution in [2.75, 3.05) is 11.9 Å². The Morgan fingerprint density at radius 1 is 1.10 bits per heavy atom.